The van der Waals surface area contributed by atoms with Gasteiger partial charge in [-0.05, 0) is 45.5 Å². The molecule has 2 aromatic rings. The van der Waals surface area contributed by atoms with E-state index in [0.29, 0.717) is 6.61 Å². The van der Waals surface area contributed by atoms with Gasteiger partial charge in [0.15, 0.2) is 0 Å². The first kappa shape index (κ1) is 14.6. The van der Waals surface area contributed by atoms with Crippen LogP contribution in [0.1, 0.15) is 25.1 Å². The minimum atomic E-state index is -0.0974. The molecular formula is C16H23N3O. The SMILES string of the molecule is CNC(C)(C)c1cncn1CCOc1cccc(C)c1. The van der Waals surface area contributed by atoms with Crippen LogP contribution in [0, 0.1) is 6.92 Å². The third kappa shape index (κ3) is 3.39. The molecule has 0 fully saturated rings. The molecule has 4 heteroatoms. The maximum Gasteiger partial charge on any atom is 0.119 e. The van der Waals surface area contributed by atoms with Crippen LogP contribution in [-0.2, 0) is 12.1 Å². The highest BCUT2D eigenvalue weighted by molar-refractivity contribution is 5.27. The summed E-state index contributed by atoms with van der Waals surface area (Å²) in [4.78, 5) is 4.24. The lowest BCUT2D eigenvalue weighted by molar-refractivity contribution is 0.289. The number of aryl methyl sites for hydroxylation is 1. The minimum absolute atomic E-state index is 0.0974. The van der Waals surface area contributed by atoms with E-state index in [1.807, 2.05) is 37.8 Å². The third-order valence-corrected chi connectivity index (χ3v) is 3.57. The monoisotopic (exact) mass is 273 g/mol. The maximum atomic E-state index is 5.79. The van der Waals surface area contributed by atoms with Crippen LogP contribution in [0.15, 0.2) is 36.8 Å². The normalized spacial score (nSPS) is 11.6. The van der Waals surface area contributed by atoms with Crippen molar-refractivity contribution in [2.45, 2.75) is 32.9 Å². The standard InChI is InChI=1S/C16H23N3O/c1-13-6-5-7-14(10-13)20-9-8-19-12-18-11-15(19)16(2,3)17-4/h5-7,10-12,17H,8-9H2,1-4H3. The van der Waals surface area contributed by atoms with Gasteiger partial charge in [-0.1, -0.05) is 12.1 Å². The van der Waals surface area contributed by atoms with Crippen LogP contribution in [0.4, 0.5) is 0 Å². The Morgan fingerprint density at radius 1 is 1.35 bits per heavy atom. The molecule has 2 rings (SSSR count). The number of hydrogen-bond acceptors (Lipinski definition) is 3. The Morgan fingerprint density at radius 2 is 2.15 bits per heavy atom. The van der Waals surface area contributed by atoms with E-state index in [2.05, 4.69) is 41.7 Å². The summed E-state index contributed by atoms with van der Waals surface area (Å²) in [7, 11) is 1.96. The fourth-order valence-electron chi connectivity index (χ4n) is 2.11. The van der Waals surface area contributed by atoms with Gasteiger partial charge in [0.25, 0.3) is 0 Å². The van der Waals surface area contributed by atoms with Crippen LogP contribution in [0.5, 0.6) is 5.75 Å². The van der Waals surface area contributed by atoms with Crippen molar-refractivity contribution in [2.75, 3.05) is 13.7 Å². The Kier molecular flexibility index (Phi) is 4.45. The number of rotatable bonds is 6. The van der Waals surface area contributed by atoms with Gasteiger partial charge in [0.1, 0.15) is 12.4 Å². The van der Waals surface area contributed by atoms with Crippen molar-refractivity contribution >= 4 is 0 Å². The molecule has 0 aliphatic rings. The molecule has 0 bridgehead atoms. The van der Waals surface area contributed by atoms with E-state index in [9.17, 15) is 0 Å². The molecule has 0 unspecified atom stereocenters. The summed E-state index contributed by atoms with van der Waals surface area (Å²) in [5.41, 5.74) is 2.27. The quantitative estimate of drug-likeness (QED) is 0.879. The second-order valence-electron chi connectivity index (χ2n) is 5.51. The van der Waals surface area contributed by atoms with Crippen LogP contribution >= 0.6 is 0 Å². The highest BCUT2D eigenvalue weighted by Gasteiger charge is 2.21. The average molecular weight is 273 g/mol. The van der Waals surface area contributed by atoms with Crippen LogP contribution in [0.25, 0.3) is 0 Å². The molecule has 0 aliphatic heterocycles. The zero-order valence-electron chi connectivity index (χ0n) is 12.7. The summed E-state index contributed by atoms with van der Waals surface area (Å²) < 4.78 is 7.92. The van der Waals surface area contributed by atoms with Gasteiger partial charge < -0.3 is 14.6 Å². The van der Waals surface area contributed by atoms with Crippen molar-refractivity contribution in [3.8, 4) is 5.75 Å². The Morgan fingerprint density at radius 3 is 2.85 bits per heavy atom. The van der Waals surface area contributed by atoms with Gasteiger partial charge in [-0.2, -0.15) is 0 Å². The van der Waals surface area contributed by atoms with E-state index < -0.39 is 0 Å². The van der Waals surface area contributed by atoms with Gasteiger partial charge in [-0.3, -0.25) is 0 Å². The smallest absolute Gasteiger partial charge is 0.119 e. The first-order chi connectivity index (χ1) is 9.53. The predicted molar refractivity (Wildman–Crippen MR) is 81.0 cm³/mol. The van der Waals surface area contributed by atoms with E-state index in [0.717, 1.165) is 18.0 Å². The molecule has 1 heterocycles. The molecular weight excluding hydrogens is 250 g/mol. The number of aromatic nitrogens is 2. The topological polar surface area (TPSA) is 39.1 Å². The Bertz CT molecular complexity index is 560. The zero-order chi connectivity index (χ0) is 14.6. The Labute approximate surface area is 120 Å². The van der Waals surface area contributed by atoms with Crippen LogP contribution in [-0.4, -0.2) is 23.2 Å². The first-order valence-electron chi connectivity index (χ1n) is 6.92. The van der Waals surface area contributed by atoms with Crippen molar-refractivity contribution in [3.05, 3.63) is 48.0 Å². The molecule has 0 aliphatic carbocycles. The second-order valence-corrected chi connectivity index (χ2v) is 5.51. The molecule has 108 valence electrons. The van der Waals surface area contributed by atoms with Crippen LogP contribution in [0.3, 0.4) is 0 Å². The lowest BCUT2D eigenvalue weighted by Gasteiger charge is -2.25. The van der Waals surface area contributed by atoms with Gasteiger partial charge in [0, 0.05) is 6.20 Å². The largest absolute Gasteiger partial charge is 0.492 e. The summed E-state index contributed by atoms with van der Waals surface area (Å²) in [6.45, 7) is 7.76. The van der Waals surface area contributed by atoms with Gasteiger partial charge >= 0.3 is 0 Å². The summed E-state index contributed by atoms with van der Waals surface area (Å²) >= 11 is 0. The molecule has 0 atom stereocenters. The summed E-state index contributed by atoms with van der Waals surface area (Å²) in [6.07, 6.45) is 3.76. The number of benzene rings is 1. The lowest BCUT2D eigenvalue weighted by Crippen LogP contribution is -2.35. The molecule has 0 amide bonds. The minimum Gasteiger partial charge on any atom is -0.492 e. The molecule has 1 aromatic carbocycles. The van der Waals surface area contributed by atoms with E-state index in [1.54, 1.807) is 0 Å². The Balaban J connectivity index is 1.97. The molecule has 0 saturated carbocycles. The van der Waals surface area contributed by atoms with E-state index in [1.165, 1.54) is 5.56 Å². The summed E-state index contributed by atoms with van der Waals surface area (Å²) in [5.74, 6) is 0.916. The van der Waals surface area contributed by atoms with E-state index in [4.69, 9.17) is 4.74 Å². The summed E-state index contributed by atoms with van der Waals surface area (Å²) in [6, 6.07) is 8.11. The number of nitrogens with zero attached hydrogens (tertiary/aromatic N) is 2. The number of ether oxygens (including phenoxy) is 1. The average Bonchev–Trinajstić information content (AvgIpc) is 2.88. The van der Waals surface area contributed by atoms with Crippen molar-refractivity contribution < 1.29 is 4.74 Å². The maximum absolute atomic E-state index is 5.79. The van der Waals surface area contributed by atoms with Crippen molar-refractivity contribution in [3.63, 3.8) is 0 Å². The van der Waals surface area contributed by atoms with Crippen LogP contribution in [0.2, 0.25) is 0 Å². The molecule has 0 spiro atoms. The third-order valence-electron chi connectivity index (χ3n) is 3.57. The van der Waals surface area contributed by atoms with E-state index in [-0.39, 0.29) is 5.54 Å². The summed E-state index contributed by atoms with van der Waals surface area (Å²) in [5, 5.41) is 3.30. The Hall–Kier alpha value is -1.81. The fraction of sp³-hybridized carbons (Fsp3) is 0.438. The van der Waals surface area contributed by atoms with Gasteiger partial charge in [0.2, 0.25) is 0 Å². The number of imidazole rings is 1. The van der Waals surface area contributed by atoms with Gasteiger partial charge in [-0.15, -0.1) is 0 Å². The van der Waals surface area contributed by atoms with E-state index >= 15 is 0 Å². The zero-order valence-corrected chi connectivity index (χ0v) is 12.7. The molecule has 0 saturated heterocycles. The molecule has 0 radical (unpaired) electrons. The van der Waals surface area contributed by atoms with Crippen molar-refractivity contribution in [2.24, 2.45) is 0 Å². The van der Waals surface area contributed by atoms with Crippen molar-refractivity contribution in [1.82, 2.24) is 14.9 Å². The van der Waals surface area contributed by atoms with Crippen LogP contribution < -0.4 is 10.1 Å². The van der Waals surface area contributed by atoms with Gasteiger partial charge in [0.05, 0.1) is 24.1 Å². The molecule has 1 aromatic heterocycles. The molecule has 20 heavy (non-hydrogen) atoms. The first-order valence-corrected chi connectivity index (χ1v) is 6.92. The number of hydrogen-bond donors (Lipinski definition) is 1. The predicted octanol–water partition coefficient (Wildman–Crippen LogP) is 2.73. The highest BCUT2D eigenvalue weighted by Crippen LogP contribution is 2.19. The second kappa shape index (κ2) is 6.09. The molecule has 1 N–H and O–H groups in total. The molecule has 4 nitrogen and oxygen atoms in total. The highest BCUT2D eigenvalue weighted by atomic mass is 16.5. The lowest BCUT2D eigenvalue weighted by atomic mass is 10.0. The van der Waals surface area contributed by atoms with Gasteiger partial charge in [-0.25, -0.2) is 4.98 Å². The van der Waals surface area contributed by atoms with Crippen molar-refractivity contribution in [1.29, 1.82) is 0 Å². The fourth-order valence-corrected chi connectivity index (χ4v) is 2.11. The number of nitrogens with one attached hydrogen (secondary N) is 1.